The first-order valence-corrected chi connectivity index (χ1v) is 8.07. The SMILES string of the molecule is CN(CCNc1ccccn1)S(=O)(=O)c1cccs1. The lowest BCUT2D eigenvalue weighted by molar-refractivity contribution is 0.482. The maximum absolute atomic E-state index is 12.1. The zero-order valence-electron chi connectivity index (χ0n) is 10.5. The Kier molecular flexibility index (Phi) is 4.52. The molecule has 0 fully saturated rings. The largest absolute Gasteiger partial charge is 0.369 e. The summed E-state index contributed by atoms with van der Waals surface area (Å²) >= 11 is 1.23. The van der Waals surface area contributed by atoms with Crippen LogP contribution in [0, 0.1) is 0 Å². The molecular formula is C12H15N3O2S2. The maximum atomic E-state index is 12.1. The fourth-order valence-electron chi connectivity index (χ4n) is 1.49. The first-order valence-electron chi connectivity index (χ1n) is 5.75. The first-order chi connectivity index (χ1) is 9.10. The van der Waals surface area contributed by atoms with Gasteiger partial charge < -0.3 is 5.32 Å². The summed E-state index contributed by atoms with van der Waals surface area (Å²) in [6.45, 7) is 0.898. The molecular weight excluding hydrogens is 282 g/mol. The Balaban J connectivity index is 1.90. The van der Waals surface area contributed by atoms with Crippen molar-refractivity contribution in [3.63, 3.8) is 0 Å². The topological polar surface area (TPSA) is 62.3 Å². The minimum Gasteiger partial charge on any atom is -0.369 e. The molecule has 0 amide bonds. The quantitative estimate of drug-likeness (QED) is 0.884. The summed E-state index contributed by atoms with van der Waals surface area (Å²) in [7, 11) is -1.78. The van der Waals surface area contributed by atoms with Gasteiger partial charge in [-0.3, -0.25) is 0 Å². The Morgan fingerprint density at radius 3 is 2.79 bits per heavy atom. The number of hydrogen-bond donors (Lipinski definition) is 1. The summed E-state index contributed by atoms with van der Waals surface area (Å²) in [4.78, 5) is 4.11. The predicted molar refractivity (Wildman–Crippen MR) is 76.9 cm³/mol. The number of hydrogen-bond acceptors (Lipinski definition) is 5. The van der Waals surface area contributed by atoms with E-state index < -0.39 is 10.0 Å². The molecule has 0 aliphatic heterocycles. The lowest BCUT2D eigenvalue weighted by Gasteiger charge is -2.16. The van der Waals surface area contributed by atoms with E-state index in [0.29, 0.717) is 17.3 Å². The highest BCUT2D eigenvalue weighted by Crippen LogP contribution is 2.19. The molecule has 0 atom stereocenters. The van der Waals surface area contributed by atoms with Gasteiger partial charge in [0.15, 0.2) is 0 Å². The van der Waals surface area contributed by atoms with Crippen LogP contribution in [0.25, 0.3) is 0 Å². The van der Waals surface area contributed by atoms with Gasteiger partial charge in [0.05, 0.1) is 0 Å². The number of rotatable bonds is 6. The van der Waals surface area contributed by atoms with Crippen molar-refractivity contribution in [2.24, 2.45) is 0 Å². The standard InChI is InChI=1S/C12H15N3O2S2/c1-15(19(16,17)12-6-4-10-18-12)9-8-14-11-5-2-3-7-13-11/h2-7,10H,8-9H2,1H3,(H,13,14). The molecule has 2 aromatic heterocycles. The third-order valence-electron chi connectivity index (χ3n) is 2.56. The molecule has 0 saturated carbocycles. The van der Waals surface area contributed by atoms with E-state index in [1.54, 1.807) is 30.8 Å². The van der Waals surface area contributed by atoms with Gasteiger partial charge >= 0.3 is 0 Å². The van der Waals surface area contributed by atoms with Crippen LogP contribution in [0.4, 0.5) is 5.82 Å². The smallest absolute Gasteiger partial charge is 0.252 e. The van der Waals surface area contributed by atoms with E-state index in [0.717, 1.165) is 5.82 Å². The average molecular weight is 297 g/mol. The second-order valence-electron chi connectivity index (χ2n) is 3.90. The van der Waals surface area contributed by atoms with Gasteiger partial charge in [-0.25, -0.2) is 13.4 Å². The summed E-state index contributed by atoms with van der Waals surface area (Å²) in [6, 6.07) is 8.90. The number of sulfonamides is 1. The van der Waals surface area contributed by atoms with Crippen molar-refractivity contribution < 1.29 is 8.42 Å². The number of thiophene rings is 1. The Morgan fingerprint density at radius 2 is 2.16 bits per heavy atom. The molecule has 7 heteroatoms. The second kappa shape index (κ2) is 6.14. The number of likely N-dealkylation sites (N-methyl/N-ethyl adjacent to an activating group) is 1. The van der Waals surface area contributed by atoms with Crippen LogP contribution in [-0.2, 0) is 10.0 Å². The fraction of sp³-hybridized carbons (Fsp3) is 0.250. The van der Waals surface area contributed by atoms with Crippen LogP contribution in [0.5, 0.6) is 0 Å². The summed E-state index contributed by atoms with van der Waals surface area (Å²) in [6.07, 6.45) is 1.69. The molecule has 19 heavy (non-hydrogen) atoms. The van der Waals surface area contributed by atoms with Crippen LogP contribution in [0.2, 0.25) is 0 Å². The molecule has 0 aliphatic carbocycles. The lowest BCUT2D eigenvalue weighted by atomic mass is 10.4. The monoisotopic (exact) mass is 297 g/mol. The van der Waals surface area contributed by atoms with Crippen LogP contribution >= 0.6 is 11.3 Å². The van der Waals surface area contributed by atoms with Crippen LogP contribution in [0.1, 0.15) is 0 Å². The molecule has 0 spiro atoms. The summed E-state index contributed by atoms with van der Waals surface area (Å²) in [5, 5.41) is 4.84. The Labute approximate surface area is 117 Å². The van der Waals surface area contributed by atoms with Gasteiger partial charge in [0, 0.05) is 26.3 Å². The predicted octanol–water partition coefficient (Wildman–Crippen LogP) is 1.88. The van der Waals surface area contributed by atoms with Crippen molar-refractivity contribution in [2.75, 3.05) is 25.5 Å². The molecule has 0 bridgehead atoms. The van der Waals surface area contributed by atoms with Crippen LogP contribution in [-0.4, -0.2) is 37.8 Å². The van der Waals surface area contributed by atoms with E-state index in [1.807, 2.05) is 18.2 Å². The minimum absolute atomic E-state index is 0.368. The summed E-state index contributed by atoms with van der Waals surface area (Å²) < 4.78 is 26.0. The Bertz CT molecular complexity index is 597. The van der Waals surface area contributed by atoms with Crippen molar-refractivity contribution in [1.29, 1.82) is 0 Å². The number of pyridine rings is 1. The zero-order valence-corrected chi connectivity index (χ0v) is 12.1. The normalized spacial score (nSPS) is 11.7. The van der Waals surface area contributed by atoms with E-state index in [4.69, 9.17) is 0 Å². The molecule has 2 heterocycles. The van der Waals surface area contributed by atoms with Crippen molar-refractivity contribution in [3.05, 3.63) is 41.9 Å². The van der Waals surface area contributed by atoms with Gasteiger partial charge in [0.25, 0.3) is 10.0 Å². The Morgan fingerprint density at radius 1 is 1.32 bits per heavy atom. The van der Waals surface area contributed by atoms with Crippen LogP contribution < -0.4 is 5.32 Å². The lowest BCUT2D eigenvalue weighted by Crippen LogP contribution is -2.31. The molecule has 0 saturated heterocycles. The fourth-order valence-corrected chi connectivity index (χ4v) is 3.87. The number of aromatic nitrogens is 1. The maximum Gasteiger partial charge on any atom is 0.252 e. The second-order valence-corrected chi connectivity index (χ2v) is 7.12. The van der Waals surface area contributed by atoms with Gasteiger partial charge in [-0.1, -0.05) is 12.1 Å². The molecule has 0 radical (unpaired) electrons. The molecule has 0 aromatic carbocycles. The van der Waals surface area contributed by atoms with E-state index in [-0.39, 0.29) is 0 Å². The first kappa shape index (κ1) is 14.0. The summed E-state index contributed by atoms with van der Waals surface area (Å²) in [5.41, 5.74) is 0. The van der Waals surface area contributed by atoms with Crippen LogP contribution in [0.15, 0.2) is 46.1 Å². The van der Waals surface area contributed by atoms with E-state index in [2.05, 4.69) is 10.3 Å². The van der Waals surface area contributed by atoms with Crippen molar-refractivity contribution >= 4 is 27.2 Å². The third-order valence-corrected chi connectivity index (χ3v) is 5.79. The molecule has 5 nitrogen and oxygen atoms in total. The molecule has 2 rings (SSSR count). The van der Waals surface area contributed by atoms with E-state index in [9.17, 15) is 8.42 Å². The zero-order chi connectivity index (χ0) is 13.7. The molecule has 102 valence electrons. The molecule has 1 N–H and O–H groups in total. The van der Waals surface area contributed by atoms with Gasteiger partial charge in [0.2, 0.25) is 0 Å². The van der Waals surface area contributed by atoms with Gasteiger partial charge in [-0.2, -0.15) is 4.31 Å². The van der Waals surface area contributed by atoms with Crippen molar-refractivity contribution in [1.82, 2.24) is 9.29 Å². The number of nitrogens with one attached hydrogen (secondary N) is 1. The highest BCUT2D eigenvalue weighted by Gasteiger charge is 2.20. The number of nitrogens with zero attached hydrogens (tertiary/aromatic N) is 2. The van der Waals surface area contributed by atoms with Crippen molar-refractivity contribution in [2.45, 2.75) is 4.21 Å². The van der Waals surface area contributed by atoms with E-state index in [1.165, 1.54) is 15.6 Å². The molecule has 0 unspecified atom stereocenters. The van der Waals surface area contributed by atoms with E-state index >= 15 is 0 Å². The highest BCUT2D eigenvalue weighted by atomic mass is 32.2. The van der Waals surface area contributed by atoms with Crippen molar-refractivity contribution in [3.8, 4) is 0 Å². The van der Waals surface area contributed by atoms with Crippen LogP contribution in [0.3, 0.4) is 0 Å². The molecule has 2 aromatic rings. The third kappa shape index (κ3) is 3.52. The molecule has 0 aliphatic rings. The highest BCUT2D eigenvalue weighted by molar-refractivity contribution is 7.91. The van der Waals surface area contributed by atoms with Gasteiger partial charge in [-0.05, 0) is 23.6 Å². The minimum atomic E-state index is -3.36. The average Bonchev–Trinajstić information content (AvgIpc) is 2.94. The summed E-state index contributed by atoms with van der Waals surface area (Å²) in [5.74, 6) is 0.740. The van der Waals surface area contributed by atoms with Gasteiger partial charge in [-0.15, -0.1) is 11.3 Å². The Hall–Kier alpha value is -1.44. The van der Waals surface area contributed by atoms with Gasteiger partial charge in [0.1, 0.15) is 10.0 Å². The number of anilines is 1.